The molecule has 0 saturated carbocycles. The van der Waals surface area contributed by atoms with Crippen molar-refractivity contribution < 1.29 is 9.53 Å². The second-order valence-electron chi connectivity index (χ2n) is 6.94. The Labute approximate surface area is 167 Å². The Morgan fingerprint density at radius 3 is 2.37 bits per heavy atom. The van der Waals surface area contributed by atoms with Gasteiger partial charge in [0, 0.05) is 25.6 Å². The normalized spacial score (nSPS) is 12.9. The van der Waals surface area contributed by atoms with Crippen LogP contribution in [0.4, 0.5) is 0 Å². The number of hydrogen-bond donors (Lipinski definition) is 2. The van der Waals surface area contributed by atoms with Gasteiger partial charge in [-0.05, 0) is 66.1 Å². The molecule has 0 aliphatic heterocycles. The van der Waals surface area contributed by atoms with Gasteiger partial charge in [-0.2, -0.15) is 0 Å². The van der Waals surface area contributed by atoms with Crippen molar-refractivity contribution in [2.75, 3.05) is 39.3 Å². The van der Waals surface area contributed by atoms with Crippen molar-refractivity contribution in [3.8, 4) is 0 Å². The molecule has 0 aromatic rings. The van der Waals surface area contributed by atoms with Crippen molar-refractivity contribution in [1.82, 2.24) is 15.5 Å². The van der Waals surface area contributed by atoms with E-state index < -0.39 is 0 Å². The van der Waals surface area contributed by atoms with Crippen LogP contribution in [0.5, 0.6) is 0 Å². The van der Waals surface area contributed by atoms with Crippen molar-refractivity contribution >= 4 is 11.9 Å². The van der Waals surface area contributed by atoms with Crippen LogP contribution in [0.1, 0.15) is 79.6 Å². The number of carbonyl (C=O) groups is 1. The molecule has 0 radical (unpaired) electrons. The fourth-order valence-corrected chi connectivity index (χ4v) is 2.95. The number of ether oxygens (including phenoxy) is 1. The van der Waals surface area contributed by atoms with Crippen molar-refractivity contribution in [3.05, 3.63) is 0 Å². The van der Waals surface area contributed by atoms with Gasteiger partial charge < -0.3 is 20.3 Å². The number of esters is 1. The lowest BCUT2D eigenvalue weighted by Gasteiger charge is -2.21. The summed E-state index contributed by atoms with van der Waals surface area (Å²) < 4.78 is 4.94. The minimum Gasteiger partial charge on any atom is -0.466 e. The first-order valence-electron chi connectivity index (χ1n) is 11.0. The summed E-state index contributed by atoms with van der Waals surface area (Å²) in [5, 5.41) is 6.85. The lowest BCUT2D eigenvalue weighted by molar-refractivity contribution is -0.143. The Kier molecular flexibility index (Phi) is 17.2. The molecule has 0 bridgehead atoms. The van der Waals surface area contributed by atoms with Crippen molar-refractivity contribution in [3.63, 3.8) is 0 Å². The topological polar surface area (TPSA) is 66.0 Å². The van der Waals surface area contributed by atoms with Crippen LogP contribution in [-0.2, 0) is 9.53 Å². The molecule has 0 saturated heterocycles. The Hall–Kier alpha value is -1.30. The monoisotopic (exact) mass is 384 g/mol. The zero-order chi connectivity index (χ0) is 20.3. The predicted octanol–water partition coefficient (Wildman–Crippen LogP) is 3.57. The van der Waals surface area contributed by atoms with E-state index >= 15 is 0 Å². The third-order valence-corrected chi connectivity index (χ3v) is 4.60. The Morgan fingerprint density at radius 2 is 1.74 bits per heavy atom. The standard InChI is InChI=1S/C21H44N4O2/c1-6-22-21(24-19(5)15-14-18-25(7-2)8-3)23-17-13-11-10-12-16-20(26)27-9-4/h19H,6-18H2,1-5H3,(H2,22,23,24). The van der Waals surface area contributed by atoms with Crippen LogP contribution in [0.2, 0.25) is 0 Å². The lowest BCUT2D eigenvalue weighted by atomic mass is 10.1. The largest absolute Gasteiger partial charge is 0.466 e. The number of carbonyl (C=O) groups excluding carboxylic acids is 1. The lowest BCUT2D eigenvalue weighted by Crippen LogP contribution is -2.42. The highest BCUT2D eigenvalue weighted by atomic mass is 16.5. The maximum Gasteiger partial charge on any atom is 0.305 e. The fraction of sp³-hybridized carbons (Fsp3) is 0.905. The first kappa shape index (κ1) is 25.7. The summed E-state index contributed by atoms with van der Waals surface area (Å²) in [7, 11) is 0. The van der Waals surface area contributed by atoms with Crippen LogP contribution in [-0.4, -0.2) is 62.2 Å². The number of hydrogen-bond acceptors (Lipinski definition) is 4. The second-order valence-corrected chi connectivity index (χ2v) is 6.94. The Morgan fingerprint density at radius 1 is 1.04 bits per heavy atom. The predicted molar refractivity (Wildman–Crippen MR) is 115 cm³/mol. The molecule has 6 heteroatoms. The second kappa shape index (κ2) is 18.1. The van der Waals surface area contributed by atoms with E-state index in [0.29, 0.717) is 19.1 Å². The Bertz CT molecular complexity index is 384. The van der Waals surface area contributed by atoms with E-state index in [9.17, 15) is 4.79 Å². The highest BCUT2D eigenvalue weighted by Gasteiger charge is 2.06. The summed E-state index contributed by atoms with van der Waals surface area (Å²) in [6, 6.07) is 0.419. The molecule has 1 unspecified atom stereocenters. The minimum atomic E-state index is -0.0795. The highest BCUT2D eigenvalue weighted by Crippen LogP contribution is 2.04. The van der Waals surface area contributed by atoms with E-state index in [4.69, 9.17) is 4.74 Å². The van der Waals surface area contributed by atoms with E-state index in [-0.39, 0.29) is 5.97 Å². The van der Waals surface area contributed by atoms with Crippen LogP contribution < -0.4 is 10.6 Å². The summed E-state index contributed by atoms with van der Waals surface area (Å²) in [4.78, 5) is 18.4. The van der Waals surface area contributed by atoms with Crippen molar-refractivity contribution in [2.24, 2.45) is 4.99 Å². The molecule has 2 N–H and O–H groups in total. The number of nitrogens with zero attached hydrogens (tertiary/aromatic N) is 2. The van der Waals surface area contributed by atoms with Crippen molar-refractivity contribution in [2.45, 2.75) is 85.6 Å². The van der Waals surface area contributed by atoms with Gasteiger partial charge in [0.1, 0.15) is 0 Å². The maximum absolute atomic E-state index is 11.3. The van der Waals surface area contributed by atoms with Crippen LogP contribution in [0, 0.1) is 0 Å². The van der Waals surface area contributed by atoms with E-state index in [1.54, 1.807) is 0 Å². The number of rotatable bonds is 16. The molecule has 0 heterocycles. The van der Waals surface area contributed by atoms with Gasteiger partial charge in [0.2, 0.25) is 0 Å². The van der Waals surface area contributed by atoms with E-state index in [0.717, 1.165) is 64.2 Å². The van der Waals surface area contributed by atoms with Crippen LogP contribution >= 0.6 is 0 Å². The van der Waals surface area contributed by atoms with Gasteiger partial charge in [-0.1, -0.05) is 26.7 Å². The fourth-order valence-electron chi connectivity index (χ4n) is 2.95. The number of nitrogens with one attached hydrogen (secondary N) is 2. The minimum absolute atomic E-state index is 0.0795. The third-order valence-electron chi connectivity index (χ3n) is 4.60. The Balaban J connectivity index is 3.96. The van der Waals surface area contributed by atoms with E-state index in [1.165, 1.54) is 13.0 Å². The summed E-state index contributed by atoms with van der Waals surface area (Å²) in [5.41, 5.74) is 0. The van der Waals surface area contributed by atoms with E-state index in [1.807, 2.05) is 6.92 Å². The van der Waals surface area contributed by atoms with Crippen LogP contribution in [0.3, 0.4) is 0 Å². The van der Waals surface area contributed by atoms with Crippen LogP contribution in [0.25, 0.3) is 0 Å². The van der Waals surface area contributed by atoms with Gasteiger partial charge in [-0.3, -0.25) is 9.79 Å². The molecule has 0 fully saturated rings. The summed E-state index contributed by atoms with van der Waals surface area (Å²) in [6.07, 6.45) is 7.00. The first-order valence-corrected chi connectivity index (χ1v) is 11.0. The van der Waals surface area contributed by atoms with Gasteiger partial charge in [0.25, 0.3) is 0 Å². The highest BCUT2D eigenvalue weighted by molar-refractivity contribution is 5.80. The summed E-state index contributed by atoms with van der Waals surface area (Å²) in [6.45, 7) is 16.2. The molecule has 0 amide bonds. The molecule has 160 valence electrons. The van der Waals surface area contributed by atoms with Gasteiger partial charge in [-0.15, -0.1) is 0 Å². The molecular formula is C21H44N4O2. The summed E-state index contributed by atoms with van der Waals surface area (Å²) >= 11 is 0. The molecule has 0 aliphatic carbocycles. The van der Waals surface area contributed by atoms with E-state index in [2.05, 4.69) is 48.2 Å². The number of aliphatic imine (C=N–C) groups is 1. The molecule has 6 nitrogen and oxygen atoms in total. The first-order chi connectivity index (χ1) is 13.1. The zero-order valence-electron chi connectivity index (χ0n) is 18.5. The third kappa shape index (κ3) is 15.5. The van der Waals surface area contributed by atoms with Gasteiger partial charge >= 0.3 is 5.97 Å². The van der Waals surface area contributed by atoms with Gasteiger partial charge in [0.05, 0.1) is 6.61 Å². The average molecular weight is 385 g/mol. The molecule has 1 atom stereocenters. The molecular weight excluding hydrogens is 340 g/mol. The molecule has 0 aliphatic rings. The van der Waals surface area contributed by atoms with Gasteiger partial charge in [0.15, 0.2) is 5.96 Å². The summed E-state index contributed by atoms with van der Waals surface area (Å²) in [5.74, 6) is 0.837. The molecule has 0 spiro atoms. The molecule has 27 heavy (non-hydrogen) atoms. The van der Waals surface area contributed by atoms with Crippen LogP contribution in [0.15, 0.2) is 4.99 Å². The smallest absolute Gasteiger partial charge is 0.305 e. The zero-order valence-corrected chi connectivity index (χ0v) is 18.5. The van der Waals surface area contributed by atoms with Crippen molar-refractivity contribution in [1.29, 1.82) is 0 Å². The average Bonchev–Trinajstić information content (AvgIpc) is 2.64. The number of guanidine groups is 1. The number of unbranched alkanes of at least 4 members (excludes halogenated alkanes) is 3. The maximum atomic E-state index is 11.3. The molecule has 0 aromatic heterocycles. The van der Waals surface area contributed by atoms with Gasteiger partial charge in [-0.25, -0.2) is 0 Å². The SMILES string of the molecule is CCNC(=NCCCCCCC(=O)OCC)NC(C)CCCN(CC)CC. The quantitative estimate of drug-likeness (QED) is 0.184. The molecule has 0 rings (SSSR count). The molecule has 0 aromatic carbocycles.